The Morgan fingerprint density at radius 2 is 2.19 bits per heavy atom. The van der Waals surface area contributed by atoms with Crippen LogP contribution in [0.1, 0.15) is 17.6 Å². The summed E-state index contributed by atoms with van der Waals surface area (Å²) in [4.78, 5) is 29.6. The molecule has 10 heteroatoms. The Kier molecular flexibility index (Phi) is 4.50. The average Bonchev–Trinajstić information content (AvgIpc) is 3.12. The van der Waals surface area contributed by atoms with Crippen LogP contribution < -0.4 is 5.56 Å². The molecule has 0 spiro atoms. The fourth-order valence-corrected chi connectivity index (χ4v) is 2.39. The number of nitro benzene ring substituents is 1. The summed E-state index contributed by atoms with van der Waals surface area (Å²) in [6.45, 7) is 0. The number of hydrogen-bond acceptors (Lipinski definition) is 8. The predicted octanol–water partition coefficient (Wildman–Crippen LogP) is 1.42. The van der Waals surface area contributed by atoms with Gasteiger partial charge in [-0.1, -0.05) is 0 Å². The van der Waals surface area contributed by atoms with Crippen LogP contribution >= 0.6 is 0 Å². The van der Waals surface area contributed by atoms with Crippen LogP contribution in [-0.4, -0.2) is 44.8 Å². The number of aliphatic hydroxyl groups is 1. The fraction of sp³-hybridized carbons (Fsp3) is 0.188. The lowest BCUT2D eigenvalue weighted by molar-refractivity contribution is -0.384. The standard InChI is InChI=1S/C16H15N5O5/c1-20(2)19-13(15(22)12-4-3-7-26-12)14-16(23)18-11-8-9(21(24)25)5-6-10(11)17-14/h3-8,15,22H,1-2H3,(H,18,23)/b19-13+. The molecule has 134 valence electrons. The number of benzene rings is 1. The Hall–Kier alpha value is -3.53. The largest absolute Gasteiger partial charge is 0.466 e. The molecule has 0 fully saturated rings. The summed E-state index contributed by atoms with van der Waals surface area (Å²) in [5.74, 6) is 0.204. The Morgan fingerprint density at radius 3 is 2.81 bits per heavy atom. The van der Waals surface area contributed by atoms with Gasteiger partial charge in [0.15, 0.2) is 11.8 Å². The third-order valence-electron chi connectivity index (χ3n) is 3.51. The minimum absolute atomic E-state index is 0.00791. The maximum absolute atomic E-state index is 12.5. The molecule has 3 aromatic rings. The van der Waals surface area contributed by atoms with Crippen molar-refractivity contribution in [3.05, 3.63) is 68.5 Å². The number of hydrogen-bond donors (Lipinski definition) is 2. The first kappa shape index (κ1) is 17.3. The quantitative estimate of drug-likeness (QED) is 0.400. The van der Waals surface area contributed by atoms with Gasteiger partial charge < -0.3 is 19.5 Å². The van der Waals surface area contributed by atoms with Gasteiger partial charge in [0.2, 0.25) is 0 Å². The van der Waals surface area contributed by atoms with E-state index in [9.17, 15) is 20.0 Å². The number of furan rings is 1. The van der Waals surface area contributed by atoms with E-state index in [0.29, 0.717) is 5.52 Å². The molecular weight excluding hydrogens is 342 g/mol. The molecule has 10 nitrogen and oxygen atoms in total. The van der Waals surface area contributed by atoms with Crippen molar-refractivity contribution >= 4 is 22.4 Å². The lowest BCUT2D eigenvalue weighted by atomic mass is 10.1. The maximum Gasteiger partial charge on any atom is 0.276 e. The van der Waals surface area contributed by atoms with Crippen LogP contribution in [0.4, 0.5) is 5.69 Å². The zero-order valence-corrected chi connectivity index (χ0v) is 13.9. The molecule has 2 heterocycles. The molecule has 2 aromatic heterocycles. The minimum Gasteiger partial charge on any atom is -0.466 e. The van der Waals surface area contributed by atoms with Gasteiger partial charge in [-0.05, 0) is 18.2 Å². The summed E-state index contributed by atoms with van der Waals surface area (Å²) in [6.07, 6.45) is 0.0831. The number of aromatic nitrogens is 2. The molecule has 0 radical (unpaired) electrons. The number of nitrogens with one attached hydrogen (secondary N) is 1. The van der Waals surface area contributed by atoms with Gasteiger partial charge in [-0.3, -0.25) is 14.9 Å². The van der Waals surface area contributed by atoms with Crippen molar-refractivity contribution in [1.82, 2.24) is 15.0 Å². The molecule has 0 aliphatic heterocycles. The highest BCUT2D eigenvalue weighted by Gasteiger charge is 2.25. The van der Waals surface area contributed by atoms with E-state index in [1.54, 1.807) is 26.2 Å². The number of H-pyrrole nitrogens is 1. The number of rotatable bonds is 5. The SMILES string of the molecule is CN(C)/N=C(\c1nc2ccc([N+](=O)[O-])cc2[nH]c1=O)C(O)c1ccco1. The van der Waals surface area contributed by atoms with E-state index >= 15 is 0 Å². The van der Waals surface area contributed by atoms with E-state index in [0.717, 1.165) is 0 Å². The van der Waals surface area contributed by atoms with Crippen molar-refractivity contribution in [3.8, 4) is 0 Å². The number of fused-ring (bicyclic) bond motifs is 1. The zero-order chi connectivity index (χ0) is 18.8. The number of aliphatic hydroxyl groups excluding tert-OH is 1. The average molecular weight is 357 g/mol. The van der Waals surface area contributed by atoms with Gasteiger partial charge in [-0.15, -0.1) is 0 Å². The summed E-state index contributed by atoms with van der Waals surface area (Å²) in [7, 11) is 3.26. The van der Waals surface area contributed by atoms with Crippen LogP contribution in [-0.2, 0) is 0 Å². The monoisotopic (exact) mass is 357 g/mol. The fourth-order valence-electron chi connectivity index (χ4n) is 2.39. The molecule has 2 N–H and O–H groups in total. The Morgan fingerprint density at radius 1 is 1.42 bits per heavy atom. The van der Waals surface area contributed by atoms with E-state index in [1.165, 1.54) is 29.5 Å². The van der Waals surface area contributed by atoms with E-state index in [4.69, 9.17) is 4.42 Å². The second kappa shape index (κ2) is 6.76. The molecule has 0 saturated carbocycles. The van der Waals surface area contributed by atoms with Crippen molar-refractivity contribution < 1.29 is 14.4 Å². The van der Waals surface area contributed by atoms with E-state index in [-0.39, 0.29) is 28.4 Å². The van der Waals surface area contributed by atoms with Crippen LogP contribution in [0.25, 0.3) is 11.0 Å². The van der Waals surface area contributed by atoms with Crippen molar-refractivity contribution in [3.63, 3.8) is 0 Å². The van der Waals surface area contributed by atoms with Crippen LogP contribution in [0.15, 0.2) is 50.9 Å². The lowest BCUT2D eigenvalue weighted by Gasteiger charge is -2.14. The minimum atomic E-state index is -1.31. The first-order valence-corrected chi connectivity index (χ1v) is 7.53. The summed E-state index contributed by atoms with van der Waals surface area (Å²) in [6, 6.07) is 7.07. The molecule has 0 bridgehead atoms. The van der Waals surface area contributed by atoms with Crippen molar-refractivity contribution in [1.29, 1.82) is 0 Å². The van der Waals surface area contributed by atoms with Crippen LogP contribution in [0, 0.1) is 10.1 Å². The smallest absolute Gasteiger partial charge is 0.276 e. The molecule has 26 heavy (non-hydrogen) atoms. The van der Waals surface area contributed by atoms with E-state index < -0.39 is 16.6 Å². The predicted molar refractivity (Wildman–Crippen MR) is 92.9 cm³/mol. The molecule has 0 aliphatic rings. The molecule has 1 aromatic carbocycles. The van der Waals surface area contributed by atoms with Gasteiger partial charge in [-0.2, -0.15) is 5.10 Å². The Balaban J connectivity index is 2.16. The molecule has 1 atom stereocenters. The summed E-state index contributed by atoms with van der Waals surface area (Å²) in [5, 5.41) is 27.0. The van der Waals surface area contributed by atoms with E-state index in [2.05, 4.69) is 15.1 Å². The zero-order valence-electron chi connectivity index (χ0n) is 13.9. The molecule has 0 amide bonds. The van der Waals surface area contributed by atoms with Gasteiger partial charge >= 0.3 is 0 Å². The molecule has 1 unspecified atom stereocenters. The number of hydrazone groups is 1. The molecule has 3 rings (SSSR count). The molecular formula is C16H15N5O5. The highest BCUT2D eigenvalue weighted by atomic mass is 16.6. The number of nitrogens with zero attached hydrogens (tertiary/aromatic N) is 4. The van der Waals surface area contributed by atoms with Crippen molar-refractivity contribution in [2.45, 2.75) is 6.10 Å². The van der Waals surface area contributed by atoms with Gasteiger partial charge in [0, 0.05) is 26.2 Å². The van der Waals surface area contributed by atoms with Gasteiger partial charge in [0.1, 0.15) is 11.5 Å². The lowest BCUT2D eigenvalue weighted by Crippen LogP contribution is -2.27. The highest BCUT2D eigenvalue weighted by molar-refractivity contribution is 6.03. The van der Waals surface area contributed by atoms with Crippen LogP contribution in [0.5, 0.6) is 0 Å². The third-order valence-corrected chi connectivity index (χ3v) is 3.51. The Labute approximate surface area is 146 Å². The van der Waals surface area contributed by atoms with Gasteiger partial charge in [0.05, 0.1) is 22.2 Å². The molecule has 0 aliphatic carbocycles. The summed E-state index contributed by atoms with van der Waals surface area (Å²) < 4.78 is 5.18. The van der Waals surface area contributed by atoms with Crippen LogP contribution in [0.2, 0.25) is 0 Å². The maximum atomic E-state index is 12.5. The van der Waals surface area contributed by atoms with Gasteiger partial charge in [0.25, 0.3) is 11.2 Å². The first-order valence-electron chi connectivity index (χ1n) is 7.53. The van der Waals surface area contributed by atoms with Crippen molar-refractivity contribution in [2.24, 2.45) is 5.10 Å². The number of nitro groups is 1. The van der Waals surface area contributed by atoms with Crippen molar-refractivity contribution in [2.75, 3.05) is 14.1 Å². The number of aromatic amines is 1. The highest BCUT2D eigenvalue weighted by Crippen LogP contribution is 2.20. The summed E-state index contributed by atoms with van der Waals surface area (Å²) in [5.41, 5.74) is -0.381. The van der Waals surface area contributed by atoms with E-state index in [1.807, 2.05) is 0 Å². The molecule has 0 saturated heterocycles. The van der Waals surface area contributed by atoms with Crippen LogP contribution in [0.3, 0.4) is 0 Å². The Bertz CT molecular complexity index is 1040. The first-order chi connectivity index (χ1) is 12.4. The second-order valence-electron chi connectivity index (χ2n) is 5.62. The third kappa shape index (κ3) is 3.30. The number of non-ortho nitro benzene ring substituents is 1. The van der Waals surface area contributed by atoms with Gasteiger partial charge in [-0.25, -0.2) is 4.98 Å². The topological polar surface area (TPSA) is 138 Å². The summed E-state index contributed by atoms with van der Waals surface area (Å²) >= 11 is 0. The second-order valence-corrected chi connectivity index (χ2v) is 5.62. The normalized spacial score (nSPS) is 13.0.